The van der Waals surface area contributed by atoms with Gasteiger partial charge in [-0.2, -0.15) is 0 Å². The molecule has 2 aromatic carbocycles. The van der Waals surface area contributed by atoms with Crippen molar-refractivity contribution in [3.63, 3.8) is 0 Å². The summed E-state index contributed by atoms with van der Waals surface area (Å²) in [5.41, 5.74) is 0.751. The molecule has 0 aliphatic rings. The molecule has 0 fully saturated rings. The third kappa shape index (κ3) is 4.11. The van der Waals surface area contributed by atoms with Crippen LogP contribution in [0.25, 0.3) is 0 Å². The molecule has 2 amide bonds. The highest BCUT2D eigenvalue weighted by atomic mass is 35.5. The molecule has 0 bridgehead atoms. The fraction of sp³-hybridized carbons (Fsp3) is 0. The predicted molar refractivity (Wildman–Crippen MR) is 82.5 cm³/mol. The Balaban J connectivity index is 2.09. The summed E-state index contributed by atoms with van der Waals surface area (Å²) in [6.45, 7) is 0. The largest absolute Gasteiger partial charge is 0.478 e. The molecule has 7 heteroatoms. The summed E-state index contributed by atoms with van der Waals surface area (Å²) in [6, 6.07) is 10.3. The van der Waals surface area contributed by atoms with Crippen molar-refractivity contribution in [2.75, 3.05) is 10.6 Å². The van der Waals surface area contributed by atoms with Crippen molar-refractivity contribution in [3.8, 4) is 0 Å². The number of halogens is 2. The number of hydrogen-bond donors (Lipinski definition) is 3. The van der Waals surface area contributed by atoms with Crippen LogP contribution in [0.5, 0.6) is 0 Å². The zero-order chi connectivity index (χ0) is 15.4. The second-order valence-corrected chi connectivity index (χ2v) is 4.93. The maximum absolute atomic E-state index is 11.8. The average Bonchev–Trinajstić information content (AvgIpc) is 2.40. The van der Waals surface area contributed by atoms with E-state index in [9.17, 15) is 9.59 Å². The lowest BCUT2D eigenvalue weighted by molar-refractivity contribution is 0.0697. The monoisotopic (exact) mass is 324 g/mol. The Hall–Kier alpha value is -2.24. The van der Waals surface area contributed by atoms with Crippen LogP contribution in [-0.4, -0.2) is 17.1 Å². The third-order valence-corrected chi connectivity index (χ3v) is 3.10. The number of carboxylic acids is 1. The molecular formula is C14H10Cl2N2O3. The maximum atomic E-state index is 11.8. The molecule has 2 aromatic rings. The lowest BCUT2D eigenvalue weighted by atomic mass is 10.2. The van der Waals surface area contributed by atoms with Gasteiger partial charge in [0.05, 0.1) is 10.6 Å². The molecule has 3 N–H and O–H groups in total. The highest BCUT2D eigenvalue weighted by Crippen LogP contribution is 2.21. The molecule has 108 valence electrons. The summed E-state index contributed by atoms with van der Waals surface area (Å²) in [7, 11) is 0. The second kappa shape index (κ2) is 6.47. The first-order valence-corrected chi connectivity index (χ1v) is 6.58. The molecule has 0 atom stereocenters. The number of carboxylic acid groups (broad SMARTS) is 1. The zero-order valence-corrected chi connectivity index (χ0v) is 12.1. The predicted octanol–water partition coefficient (Wildman–Crippen LogP) is 4.34. The first-order valence-electron chi connectivity index (χ1n) is 5.82. The molecular weight excluding hydrogens is 315 g/mol. The highest BCUT2D eigenvalue weighted by Gasteiger charge is 2.11. The molecule has 0 spiro atoms. The van der Waals surface area contributed by atoms with Gasteiger partial charge >= 0.3 is 12.0 Å². The van der Waals surface area contributed by atoms with E-state index >= 15 is 0 Å². The van der Waals surface area contributed by atoms with E-state index in [1.165, 1.54) is 18.2 Å². The molecule has 0 aliphatic heterocycles. The maximum Gasteiger partial charge on any atom is 0.337 e. The number of rotatable bonds is 3. The molecule has 5 nitrogen and oxygen atoms in total. The average molecular weight is 325 g/mol. The smallest absolute Gasteiger partial charge is 0.337 e. The first kappa shape index (κ1) is 15.2. The summed E-state index contributed by atoms with van der Waals surface area (Å²) in [5, 5.41) is 14.7. The van der Waals surface area contributed by atoms with E-state index in [2.05, 4.69) is 10.6 Å². The number of anilines is 2. The lowest BCUT2D eigenvalue weighted by Gasteiger charge is -2.09. The van der Waals surface area contributed by atoms with E-state index in [1.54, 1.807) is 24.3 Å². The van der Waals surface area contributed by atoms with Crippen molar-refractivity contribution in [2.45, 2.75) is 0 Å². The van der Waals surface area contributed by atoms with Gasteiger partial charge in [0.15, 0.2) is 0 Å². The van der Waals surface area contributed by atoms with Crippen molar-refractivity contribution in [3.05, 3.63) is 58.1 Å². The Morgan fingerprint density at radius 3 is 2.24 bits per heavy atom. The first-order chi connectivity index (χ1) is 9.95. The van der Waals surface area contributed by atoms with Gasteiger partial charge in [-0.1, -0.05) is 29.3 Å². The van der Waals surface area contributed by atoms with Gasteiger partial charge in [-0.05, 0) is 36.4 Å². The Morgan fingerprint density at radius 2 is 1.62 bits per heavy atom. The van der Waals surface area contributed by atoms with Gasteiger partial charge in [-0.15, -0.1) is 0 Å². The van der Waals surface area contributed by atoms with Gasteiger partial charge in [0.2, 0.25) is 0 Å². The van der Waals surface area contributed by atoms with Gasteiger partial charge in [0.25, 0.3) is 0 Å². The zero-order valence-electron chi connectivity index (χ0n) is 10.6. The fourth-order valence-electron chi connectivity index (χ4n) is 1.63. The van der Waals surface area contributed by atoms with Gasteiger partial charge in [0.1, 0.15) is 0 Å². The number of carbonyl (C=O) groups excluding carboxylic acids is 1. The minimum Gasteiger partial charge on any atom is -0.478 e. The quantitative estimate of drug-likeness (QED) is 0.785. The van der Waals surface area contributed by atoms with Gasteiger partial charge in [0, 0.05) is 16.4 Å². The summed E-state index contributed by atoms with van der Waals surface area (Å²) in [5.74, 6) is -1.17. The minimum absolute atomic E-state index is 0.0859. The molecule has 0 aromatic heterocycles. The molecule has 2 rings (SSSR count). The van der Waals surface area contributed by atoms with Crippen LogP contribution in [0.1, 0.15) is 10.4 Å². The Bertz CT molecular complexity index is 704. The number of nitrogens with one attached hydrogen (secondary N) is 2. The summed E-state index contributed by atoms with van der Waals surface area (Å²) in [6.07, 6.45) is 0. The van der Waals surface area contributed by atoms with Crippen LogP contribution in [-0.2, 0) is 0 Å². The van der Waals surface area contributed by atoms with Crippen LogP contribution in [0.4, 0.5) is 16.2 Å². The molecule has 0 aliphatic carbocycles. The standard InChI is InChI=1S/C14H10Cl2N2O3/c15-8-2-1-3-9(6-8)17-14(21)18-10-4-5-12(16)11(7-10)13(19)20/h1-7H,(H,19,20)(H2,17,18,21). The molecule has 0 saturated heterocycles. The van der Waals surface area contributed by atoms with Crippen molar-refractivity contribution in [1.29, 1.82) is 0 Å². The van der Waals surface area contributed by atoms with E-state index in [4.69, 9.17) is 28.3 Å². The summed E-state index contributed by atoms with van der Waals surface area (Å²) >= 11 is 11.6. The second-order valence-electron chi connectivity index (χ2n) is 4.09. The van der Waals surface area contributed by atoms with Crippen LogP contribution in [0.15, 0.2) is 42.5 Å². The van der Waals surface area contributed by atoms with E-state index in [1.807, 2.05) is 0 Å². The van der Waals surface area contributed by atoms with Gasteiger partial charge in [-0.3, -0.25) is 0 Å². The van der Waals surface area contributed by atoms with Gasteiger partial charge in [-0.25, -0.2) is 9.59 Å². The Morgan fingerprint density at radius 1 is 0.952 bits per heavy atom. The van der Waals surface area contributed by atoms with Crippen LogP contribution >= 0.6 is 23.2 Å². The summed E-state index contributed by atoms with van der Waals surface area (Å²) in [4.78, 5) is 22.8. The number of aromatic carboxylic acids is 1. The van der Waals surface area contributed by atoms with Gasteiger partial charge < -0.3 is 15.7 Å². The van der Waals surface area contributed by atoms with Crippen LogP contribution in [0.3, 0.4) is 0 Å². The van der Waals surface area contributed by atoms with Crippen molar-refractivity contribution < 1.29 is 14.7 Å². The number of amides is 2. The number of urea groups is 1. The van der Waals surface area contributed by atoms with E-state index in [0.717, 1.165) is 0 Å². The number of benzene rings is 2. The third-order valence-electron chi connectivity index (χ3n) is 2.54. The minimum atomic E-state index is -1.17. The van der Waals surface area contributed by atoms with Crippen LogP contribution < -0.4 is 10.6 Å². The summed E-state index contributed by atoms with van der Waals surface area (Å²) < 4.78 is 0. The molecule has 0 unspecified atom stereocenters. The molecule has 0 heterocycles. The van der Waals surface area contributed by atoms with Crippen molar-refractivity contribution in [2.24, 2.45) is 0 Å². The molecule has 0 radical (unpaired) electrons. The van der Waals surface area contributed by atoms with Crippen LogP contribution in [0.2, 0.25) is 10.0 Å². The highest BCUT2D eigenvalue weighted by molar-refractivity contribution is 6.33. The molecule has 0 saturated carbocycles. The van der Waals surface area contributed by atoms with E-state index in [-0.39, 0.29) is 10.6 Å². The Kier molecular flexibility index (Phi) is 4.67. The van der Waals surface area contributed by atoms with Crippen LogP contribution in [0, 0.1) is 0 Å². The van der Waals surface area contributed by atoms with Crippen molar-refractivity contribution >= 4 is 46.6 Å². The van der Waals surface area contributed by atoms with E-state index in [0.29, 0.717) is 16.4 Å². The van der Waals surface area contributed by atoms with Crippen molar-refractivity contribution in [1.82, 2.24) is 0 Å². The number of carbonyl (C=O) groups is 2. The van der Waals surface area contributed by atoms with E-state index < -0.39 is 12.0 Å². The molecule has 21 heavy (non-hydrogen) atoms. The lowest BCUT2D eigenvalue weighted by Crippen LogP contribution is -2.19. The topological polar surface area (TPSA) is 78.4 Å². The SMILES string of the molecule is O=C(Nc1cccc(Cl)c1)Nc1ccc(Cl)c(C(=O)O)c1. The Labute approximate surface area is 130 Å². The number of hydrogen-bond acceptors (Lipinski definition) is 2. The normalized spacial score (nSPS) is 10.0. The fourth-order valence-corrected chi connectivity index (χ4v) is 2.02.